The highest BCUT2D eigenvalue weighted by Crippen LogP contribution is 2.30. The van der Waals surface area contributed by atoms with Gasteiger partial charge in [0.25, 0.3) is 0 Å². The Morgan fingerprint density at radius 3 is 2.62 bits per heavy atom. The molecule has 13 heavy (non-hydrogen) atoms. The molecule has 66 valence electrons. The van der Waals surface area contributed by atoms with Crippen molar-refractivity contribution in [2.75, 3.05) is 0 Å². The molecule has 1 nitrogen and oxygen atoms in total. The van der Waals surface area contributed by atoms with Crippen LogP contribution in [-0.4, -0.2) is 0 Å². The zero-order valence-electron chi connectivity index (χ0n) is 6.63. The van der Waals surface area contributed by atoms with E-state index in [2.05, 4.69) is 31.9 Å². The average molecular weight is 302 g/mol. The molecule has 0 saturated heterocycles. The topological polar surface area (TPSA) is 9.23 Å². The molecule has 0 aliphatic carbocycles. The van der Waals surface area contributed by atoms with E-state index >= 15 is 0 Å². The number of hydrogen-bond donors (Lipinski definition) is 0. The summed E-state index contributed by atoms with van der Waals surface area (Å²) in [5, 5.41) is 0. The molecule has 0 aromatic carbocycles. The summed E-state index contributed by atoms with van der Waals surface area (Å²) >= 11 is 6.85. The lowest BCUT2D eigenvalue weighted by Crippen LogP contribution is -1.89. The number of ether oxygens (including phenoxy) is 1. The highest BCUT2D eigenvalue weighted by Gasteiger charge is 2.11. The lowest BCUT2D eigenvalue weighted by molar-refractivity contribution is 0.336. The van der Waals surface area contributed by atoms with Crippen molar-refractivity contribution in [1.29, 1.82) is 0 Å². The maximum Gasteiger partial charge on any atom is 0.141 e. The molecule has 0 aromatic heterocycles. The van der Waals surface area contributed by atoms with Gasteiger partial charge in [0, 0.05) is 0 Å². The minimum absolute atomic E-state index is 0.825. The maximum atomic E-state index is 5.63. The normalized spacial score (nSPS) is 20.2. The predicted octanol–water partition coefficient (Wildman–Crippen LogP) is 3.91. The fourth-order valence-electron chi connectivity index (χ4n) is 1.05. The molecule has 2 heterocycles. The van der Waals surface area contributed by atoms with E-state index in [-0.39, 0.29) is 0 Å². The molecule has 0 atom stereocenters. The Hall–Kier alpha value is -0.540. The highest BCUT2D eigenvalue weighted by atomic mass is 79.9. The summed E-state index contributed by atoms with van der Waals surface area (Å²) in [5.74, 6) is 1.65. The Kier molecular flexibility index (Phi) is 2.56. The maximum absolute atomic E-state index is 5.63. The van der Waals surface area contributed by atoms with E-state index in [1.807, 2.05) is 36.5 Å². The van der Waals surface area contributed by atoms with Gasteiger partial charge in [0.1, 0.15) is 11.5 Å². The van der Waals surface area contributed by atoms with Crippen molar-refractivity contribution < 1.29 is 4.74 Å². The molecule has 0 radical (unpaired) electrons. The molecule has 0 saturated carbocycles. The van der Waals surface area contributed by atoms with E-state index in [0.29, 0.717) is 0 Å². The van der Waals surface area contributed by atoms with Crippen LogP contribution >= 0.6 is 31.9 Å². The standard InChI is InChI=1S/C10H6Br2O/c11-7-3-1-5-9-8(12)4-2-6-10(7)13-9/h1-6H. The van der Waals surface area contributed by atoms with Crippen LogP contribution in [0.3, 0.4) is 0 Å². The lowest BCUT2D eigenvalue weighted by Gasteiger charge is -2.06. The van der Waals surface area contributed by atoms with E-state index in [9.17, 15) is 0 Å². The number of allylic oxidation sites excluding steroid dienone is 8. The third-order valence-corrected chi connectivity index (χ3v) is 2.98. The fraction of sp³-hybridized carbons (Fsp3) is 0. The number of fused-ring (bicyclic) bond motifs is 2. The van der Waals surface area contributed by atoms with Crippen LogP contribution < -0.4 is 0 Å². The van der Waals surface area contributed by atoms with Crippen LogP contribution in [0.15, 0.2) is 56.9 Å². The summed E-state index contributed by atoms with van der Waals surface area (Å²) in [5.41, 5.74) is 0. The minimum Gasteiger partial charge on any atom is -0.455 e. The zero-order valence-corrected chi connectivity index (χ0v) is 9.80. The van der Waals surface area contributed by atoms with Crippen LogP contribution in [0.1, 0.15) is 0 Å². The second-order valence-corrected chi connectivity index (χ2v) is 4.29. The Bertz CT molecular complexity index is 384. The largest absolute Gasteiger partial charge is 0.455 e. The summed E-state index contributed by atoms with van der Waals surface area (Å²) < 4.78 is 7.53. The summed E-state index contributed by atoms with van der Waals surface area (Å²) in [6.45, 7) is 0. The van der Waals surface area contributed by atoms with Crippen molar-refractivity contribution in [3.05, 3.63) is 56.9 Å². The SMILES string of the molecule is BrC1=CC=CC2=C(Br)C=CC=C1O2. The van der Waals surface area contributed by atoms with Crippen LogP contribution in [0, 0.1) is 0 Å². The van der Waals surface area contributed by atoms with Crippen molar-refractivity contribution in [2.24, 2.45) is 0 Å². The molecule has 2 aliphatic heterocycles. The molecular weight excluding hydrogens is 296 g/mol. The Morgan fingerprint density at radius 1 is 1.00 bits per heavy atom. The molecule has 0 unspecified atom stereocenters. The lowest BCUT2D eigenvalue weighted by atomic mass is 10.3. The molecule has 0 amide bonds. The summed E-state index contributed by atoms with van der Waals surface area (Å²) in [6.07, 6.45) is 11.6. The van der Waals surface area contributed by atoms with Crippen LogP contribution in [0.5, 0.6) is 0 Å². The van der Waals surface area contributed by atoms with Gasteiger partial charge in [0.2, 0.25) is 0 Å². The van der Waals surface area contributed by atoms with E-state index < -0.39 is 0 Å². The number of halogens is 2. The van der Waals surface area contributed by atoms with Crippen molar-refractivity contribution in [1.82, 2.24) is 0 Å². The van der Waals surface area contributed by atoms with Crippen molar-refractivity contribution in [3.8, 4) is 0 Å². The van der Waals surface area contributed by atoms with E-state index in [0.717, 1.165) is 20.5 Å². The Labute approximate surface area is 93.4 Å². The quantitative estimate of drug-likeness (QED) is 0.659. The van der Waals surface area contributed by atoms with Gasteiger partial charge in [-0.25, -0.2) is 0 Å². The van der Waals surface area contributed by atoms with Gasteiger partial charge in [-0.05, 0) is 56.2 Å². The van der Waals surface area contributed by atoms with Gasteiger partial charge in [0.15, 0.2) is 0 Å². The van der Waals surface area contributed by atoms with Gasteiger partial charge < -0.3 is 4.74 Å². The van der Waals surface area contributed by atoms with Crippen LogP contribution in [0.2, 0.25) is 0 Å². The van der Waals surface area contributed by atoms with E-state index in [1.165, 1.54) is 0 Å². The minimum atomic E-state index is 0.825. The second-order valence-electron chi connectivity index (χ2n) is 2.58. The van der Waals surface area contributed by atoms with Crippen LogP contribution in [-0.2, 0) is 4.74 Å². The Morgan fingerprint density at radius 2 is 1.77 bits per heavy atom. The van der Waals surface area contributed by atoms with Crippen molar-refractivity contribution in [2.45, 2.75) is 0 Å². The molecule has 0 N–H and O–H groups in total. The third kappa shape index (κ3) is 1.86. The summed E-state index contributed by atoms with van der Waals surface area (Å²) in [6, 6.07) is 0. The predicted molar refractivity (Wildman–Crippen MR) is 60.4 cm³/mol. The van der Waals surface area contributed by atoms with Crippen LogP contribution in [0.25, 0.3) is 0 Å². The summed E-state index contributed by atoms with van der Waals surface area (Å²) in [4.78, 5) is 0. The Balaban J connectivity index is 2.53. The van der Waals surface area contributed by atoms with Gasteiger partial charge in [-0.3, -0.25) is 0 Å². The van der Waals surface area contributed by atoms with Gasteiger partial charge in [0.05, 0.1) is 8.96 Å². The molecule has 0 fully saturated rings. The monoisotopic (exact) mass is 300 g/mol. The smallest absolute Gasteiger partial charge is 0.141 e. The fourth-order valence-corrected chi connectivity index (χ4v) is 1.78. The zero-order chi connectivity index (χ0) is 9.26. The average Bonchev–Trinajstić information content (AvgIpc) is 2.38. The van der Waals surface area contributed by atoms with E-state index in [4.69, 9.17) is 4.74 Å². The van der Waals surface area contributed by atoms with Crippen molar-refractivity contribution in [3.63, 3.8) is 0 Å². The highest BCUT2D eigenvalue weighted by molar-refractivity contribution is 9.12. The number of hydrogen-bond acceptors (Lipinski definition) is 1. The first kappa shape index (κ1) is 9.03. The van der Waals surface area contributed by atoms with E-state index in [1.54, 1.807) is 0 Å². The first-order chi connectivity index (χ1) is 6.27. The first-order valence-corrected chi connectivity index (χ1v) is 5.36. The van der Waals surface area contributed by atoms with Crippen LogP contribution in [0.4, 0.5) is 0 Å². The number of rotatable bonds is 0. The molecule has 2 rings (SSSR count). The molecule has 2 aliphatic rings. The van der Waals surface area contributed by atoms with Crippen molar-refractivity contribution >= 4 is 31.9 Å². The molecule has 2 bridgehead atoms. The molecule has 3 heteroatoms. The van der Waals surface area contributed by atoms with Gasteiger partial charge >= 0.3 is 0 Å². The second kappa shape index (κ2) is 3.68. The van der Waals surface area contributed by atoms with Gasteiger partial charge in [-0.2, -0.15) is 0 Å². The summed E-state index contributed by atoms with van der Waals surface area (Å²) in [7, 11) is 0. The molecule has 0 spiro atoms. The first-order valence-electron chi connectivity index (χ1n) is 3.77. The van der Waals surface area contributed by atoms with Gasteiger partial charge in [-0.15, -0.1) is 0 Å². The third-order valence-electron chi connectivity index (χ3n) is 1.67. The molecule has 0 aromatic rings. The molecular formula is C10H6Br2O. The van der Waals surface area contributed by atoms with Gasteiger partial charge in [-0.1, -0.05) is 12.2 Å².